The lowest BCUT2D eigenvalue weighted by Gasteiger charge is -2.15. The van der Waals surface area contributed by atoms with E-state index in [1.54, 1.807) is 18.3 Å². The summed E-state index contributed by atoms with van der Waals surface area (Å²) < 4.78 is 0. The van der Waals surface area contributed by atoms with Gasteiger partial charge >= 0.3 is 12.0 Å². The van der Waals surface area contributed by atoms with E-state index in [1.807, 2.05) is 43.3 Å². The number of nitrogens with one attached hydrogen (secondary N) is 4. The second-order valence-electron chi connectivity index (χ2n) is 6.70. The number of amides is 3. The molecule has 0 bridgehead atoms. The molecule has 1 unspecified atom stereocenters. The van der Waals surface area contributed by atoms with E-state index < -0.39 is 23.9 Å². The van der Waals surface area contributed by atoms with Crippen molar-refractivity contribution in [2.45, 2.75) is 19.4 Å². The fourth-order valence-corrected chi connectivity index (χ4v) is 3.02. The smallest absolute Gasteiger partial charge is 0.326 e. The van der Waals surface area contributed by atoms with Crippen molar-refractivity contribution in [3.63, 3.8) is 0 Å². The highest BCUT2D eigenvalue weighted by Crippen LogP contribution is 2.19. The van der Waals surface area contributed by atoms with Crippen LogP contribution in [0.2, 0.25) is 0 Å². The number of fused-ring (bicyclic) bond motifs is 1. The number of anilines is 1. The number of rotatable bonds is 7. The number of urea groups is 1. The standard InChI is InChI=1S/C21H22N4O4/c1-13-5-4-6-15(9-13)24-19(26)12-23-21(29)25-18(20(27)28)10-14-11-22-17-8-3-2-7-16(14)17/h2-9,11,18,22H,10,12H2,1H3,(H,24,26)(H,27,28)(H2,23,25,29). The van der Waals surface area contributed by atoms with Crippen LogP contribution >= 0.6 is 0 Å². The highest BCUT2D eigenvalue weighted by atomic mass is 16.4. The van der Waals surface area contributed by atoms with Gasteiger partial charge in [-0.1, -0.05) is 30.3 Å². The van der Waals surface area contributed by atoms with Crippen molar-refractivity contribution < 1.29 is 19.5 Å². The van der Waals surface area contributed by atoms with E-state index in [9.17, 15) is 19.5 Å². The molecule has 8 nitrogen and oxygen atoms in total. The summed E-state index contributed by atoms with van der Waals surface area (Å²) in [6, 6.07) is 12.9. The number of carbonyl (C=O) groups excluding carboxylic acids is 2. The molecule has 1 aromatic heterocycles. The van der Waals surface area contributed by atoms with Gasteiger partial charge in [0.05, 0.1) is 6.54 Å². The second-order valence-corrected chi connectivity index (χ2v) is 6.70. The second kappa shape index (κ2) is 8.92. The number of aryl methyl sites for hydroxylation is 1. The molecule has 3 rings (SSSR count). The minimum absolute atomic E-state index is 0.113. The minimum atomic E-state index is -1.16. The van der Waals surface area contributed by atoms with Crippen LogP contribution in [0.4, 0.5) is 10.5 Å². The van der Waals surface area contributed by atoms with E-state index >= 15 is 0 Å². The Bertz CT molecular complexity index is 1040. The van der Waals surface area contributed by atoms with Crippen molar-refractivity contribution in [3.05, 3.63) is 65.9 Å². The summed E-state index contributed by atoms with van der Waals surface area (Å²) >= 11 is 0. The zero-order chi connectivity index (χ0) is 20.8. The van der Waals surface area contributed by atoms with Crippen LogP contribution in [0.15, 0.2) is 54.7 Å². The molecule has 0 saturated carbocycles. The Morgan fingerprint density at radius 2 is 1.90 bits per heavy atom. The van der Waals surface area contributed by atoms with Crippen molar-refractivity contribution in [1.29, 1.82) is 0 Å². The van der Waals surface area contributed by atoms with Crippen molar-refractivity contribution in [3.8, 4) is 0 Å². The molecule has 0 radical (unpaired) electrons. The Kier molecular flexibility index (Phi) is 6.13. The topological polar surface area (TPSA) is 123 Å². The lowest BCUT2D eigenvalue weighted by Crippen LogP contribution is -2.48. The minimum Gasteiger partial charge on any atom is -0.480 e. The van der Waals surface area contributed by atoms with Crippen LogP contribution in [0.1, 0.15) is 11.1 Å². The predicted molar refractivity (Wildman–Crippen MR) is 110 cm³/mol. The predicted octanol–water partition coefficient (Wildman–Crippen LogP) is 2.41. The number of carboxylic acids is 1. The first kappa shape index (κ1) is 19.9. The molecule has 2 aromatic carbocycles. The largest absolute Gasteiger partial charge is 0.480 e. The molecule has 5 N–H and O–H groups in total. The van der Waals surface area contributed by atoms with E-state index in [-0.39, 0.29) is 13.0 Å². The van der Waals surface area contributed by atoms with Gasteiger partial charge in [0.25, 0.3) is 0 Å². The number of aromatic amines is 1. The van der Waals surface area contributed by atoms with Gasteiger partial charge in [-0.05, 0) is 36.2 Å². The molecule has 0 aliphatic rings. The van der Waals surface area contributed by atoms with E-state index in [1.165, 1.54) is 0 Å². The third-order valence-corrected chi connectivity index (χ3v) is 4.41. The third-order valence-electron chi connectivity index (χ3n) is 4.41. The highest BCUT2D eigenvalue weighted by Gasteiger charge is 2.22. The zero-order valence-electron chi connectivity index (χ0n) is 15.9. The number of aromatic nitrogens is 1. The lowest BCUT2D eigenvalue weighted by molar-refractivity contribution is -0.139. The molecule has 0 spiro atoms. The first-order valence-corrected chi connectivity index (χ1v) is 9.11. The van der Waals surface area contributed by atoms with Gasteiger partial charge in [0, 0.05) is 29.2 Å². The Labute approximate surface area is 167 Å². The lowest BCUT2D eigenvalue weighted by atomic mass is 10.1. The number of benzene rings is 2. The van der Waals surface area contributed by atoms with Gasteiger partial charge in [-0.2, -0.15) is 0 Å². The van der Waals surface area contributed by atoms with Crippen molar-refractivity contribution in [2.24, 2.45) is 0 Å². The first-order valence-electron chi connectivity index (χ1n) is 9.11. The van der Waals surface area contributed by atoms with Crippen molar-refractivity contribution >= 4 is 34.5 Å². The number of para-hydroxylation sites is 1. The summed E-state index contributed by atoms with van der Waals surface area (Å²) in [4.78, 5) is 38.7. The summed E-state index contributed by atoms with van der Waals surface area (Å²) in [6.45, 7) is 1.63. The van der Waals surface area contributed by atoms with E-state index in [4.69, 9.17) is 0 Å². The third kappa shape index (κ3) is 5.35. The van der Waals surface area contributed by atoms with Crippen LogP contribution in [-0.2, 0) is 16.0 Å². The van der Waals surface area contributed by atoms with Gasteiger partial charge in [0.15, 0.2) is 0 Å². The average molecular weight is 394 g/mol. The maximum Gasteiger partial charge on any atom is 0.326 e. The molecule has 0 saturated heterocycles. The summed E-state index contributed by atoms with van der Waals surface area (Å²) in [5, 5.41) is 17.8. The van der Waals surface area contributed by atoms with Gasteiger partial charge in [-0.25, -0.2) is 9.59 Å². The highest BCUT2D eigenvalue weighted by molar-refractivity contribution is 5.95. The SMILES string of the molecule is Cc1cccc(NC(=O)CNC(=O)NC(Cc2c[nH]c3ccccc23)C(=O)O)c1. The Balaban J connectivity index is 1.54. The zero-order valence-corrected chi connectivity index (χ0v) is 15.9. The van der Waals surface area contributed by atoms with Gasteiger partial charge in [0.1, 0.15) is 6.04 Å². The number of H-pyrrole nitrogens is 1. The van der Waals surface area contributed by atoms with Crippen LogP contribution in [0, 0.1) is 6.92 Å². The Morgan fingerprint density at radius 3 is 2.66 bits per heavy atom. The number of hydrogen-bond donors (Lipinski definition) is 5. The van der Waals surface area contributed by atoms with Crippen molar-refractivity contribution in [2.75, 3.05) is 11.9 Å². The van der Waals surface area contributed by atoms with Crippen molar-refractivity contribution in [1.82, 2.24) is 15.6 Å². The Morgan fingerprint density at radius 1 is 1.10 bits per heavy atom. The van der Waals surface area contributed by atoms with E-state index in [0.717, 1.165) is 22.0 Å². The van der Waals surface area contributed by atoms with E-state index in [2.05, 4.69) is 20.9 Å². The molecule has 150 valence electrons. The molecular formula is C21H22N4O4. The molecule has 0 fully saturated rings. The maximum atomic E-state index is 12.1. The van der Waals surface area contributed by atoms with Crippen LogP contribution in [-0.4, -0.2) is 40.6 Å². The molecule has 29 heavy (non-hydrogen) atoms. The number of aliphatic carboxylic acids is 1. The molecule has 3 aromatic rings. The monoisotopic (exact) mass is 394 g/mol. The number of carbonyl (C=O) groups is 3. The first-order chi connectivity index (χ1) is 13.9. The normalized spacial score (nSPS) is 11.6. The Hall–Kier alpha value is -3.81. The molecule has 0 aliphatic heterocycles. The molecule has 8 heteroatoms. The number of carboxylic acid groups (broad SMARTS) is 1. The maximum absolute atomic E-state index is 12.1. The molecule has 1 heterocycles. The average Bonchev–Trinajstić information content (AvgIpc) is 3.09. The fraction of sp³-hybridized carbons (Fsp3) is 0.190. The molecule has 3 amide bonds. The van der Waals surface area contributed by atoms with Gasteiger partial charge < -0.3 is 26.0 Å². The van der Waals surface area contributed by atoms with E-state index in [0.29, 0.717) is 5.69 Å². The molecular weight excluding hydrogens is 372 g/mol. The quantitative estimate of drug-likeness (QED) is 0.422. The van der Waals surface area contributed by atoms with Crippen LogP contribution in [0.25, 0.3) is 10.9 Å². The summed E-state index contributed by atoms with van der Waals surface area (Å²) in [5.41, 5.74) is 3.30. The van der Waals surface area contributed by atoms with Gasteiger partial charge in [-0.15, -0.1) is 0 Å². The summed E-state index contributed by atoms with van der Waals surface area (Å²) in [7, 11) is 0. The fourth-order valence-electron chi connectivity index (χ4n) is 3.02. The van der Waals surface area contributed by atoms with Crippen LogP contribution < -0.4 is 16.0 Å². The number of hydrogen-bond acceptors (Lipinski definition) is 3. The summed E-state index contributed by atoms with van der Waals surface area (Å²) in [5.74, 6) is -1.57. The molecule has 1 atom stereocenters. The van der Waals surface area contributed by atoms with Gasteiger partial charge in [0.2, 0.25) is 5.91 Å². The van der Waals surface area contributed by atoms with Crippen LogP contribution in [0.3, 0.4) is 0 Å². The summed E-state index contributed by atoms with van der Waals surface area (Å²) in [6.07, 6.45) is 1.84. The van der Waals surface area contributed by atoms with Crippen LogP contribution in [0.5, 0.6) is 0 Å². The van der Waals surface area contributed by atoms with Gasteiger partial charge in [-0.3, -0.25) is 4.79 Å². The molecule has 0 aliphatic carbocycles.